The molecule has 2 saturated heterocycles. The first kappa shape index (κ1) is 44.0. The van der Waals surface area contributed by atoms with E-state index < -0.39 is 24.3 Å². The third-order valence-electron chi connectivity index (χ3n) is 14.7. The Morgan fingerprint density at radius 1 is 0.662 bits per heavy atom. The molecule has 9 rings (SSSR count). The Labute approximate surface area is 380 Å². The van der Waals surface area contributed by atoms with Crippen LogP contribution in [0.3, 0.4) is 0 Å². The zero-order valence-corrected chi connectivity index (χ0v) is 38.5. The third-order valence-corrected chi connectivity index (χ3v) is 14.7. The van der Waals surface area contributed by atoms with Gasteiger partial charge in [0.2, 0.25) is 11.8 Å². The van der Waals surface area contributed by atoms with E-state index in [1.54, 1.807) is 0 Å². The summed E-state index contributed by atoms with van der Waals surface area (Å²) in [5.74, 6) is 1.07. The molecule has 2 aromatic heterocycles. The monoisotopic (exact) mass is 882 g/mol. The van der Waals surface area contributed by atoms with Crippen LogP contribution >= 0.6 is 0 Å². The minimum absolute atomic E-state index is 0.104. The summed E-state index contributed by atoms with van der Waals surface area (Å²) in [5.41, 5.74) is 9.61. The van der Waals surface area contributed by atoms with E-state index in [1.165, 1.54) is 67.7 Å². The maximum Gasteiger partial charge on any atom is 0.407 e. The number of aromatic nitrogens is 4. The van der Waals surface area contributed by atoms with Gasteiger partial charge in [-0.25, -0.2) is 19.6 Å². The molecule has 14 nitrogen and oxygen atoms in total. The summed E-state index contributed by atoms with van der Waals surface area (Å²) in [6, 6.07) is 16.1. The second-order valence-electron chi connectivity index (χ2n) is 19.2. The number of hydrogen-bond acceptors (Lipinski definition) is 8. The number of likely N-dealkylation sites (tertiary alicyclic amines) is 2. The minimum Gasteiger partial charge on any atom is -0.453 e. The molecule has 5 aromatic rings. The summed E-state index contributed by atoms with van der Waals surface area (Å²) in [4.78, 5) is 72.4. The van der Waals surface area contributed by atoms with Crippen LogP contribution < -0.4 is 10.6 Å². The van der Waals surface area contributed by atoms with Crippen molar-refractivity contribution in [2.75, 3.05) is 27.3 Å². The van der Waals surface area contributed by atoms with Crippen LogP contribution in [0.2, 0.25) is 0 Å². The van der Waals surface area contributed by atoms with Crippen LogP contribution in [0.15, 0.2) is 60.9 Å². The Morgan fingerprint density at radius 2 is 1.17 bits per heavy atom. The van der Waals surface area contributed by atoms with E-state index in [0.717, 1.165) is 77.9 Å². The molecule has 4 aliphatic rings. The number of nitrogens with zero attached hydrogens (tertiary/aromatic N) is 4. The molecule has 4 unspecified atom stereocenters. The van der Waals surface area contributed by atoms with Crippen molar-refractivity contribution >= 4 is 34.8 Å². The number of alkyl carbamates (subject to hydrolysis) is 2. The van der Waals surface area contributed by atoms with Crippen molar-refractivity contribution in [3.63, 3.8) is 0 Å². The number of imidazole rings is 2. The Bertz CT molecular complexity index is 2610. The van der Waals surface area contributed by atoms with Gasteiger partial charge < -0.3 is 39.9 Å². The van der Waals surface area contributed by atoms with E-state index in [2.05, 4.69) is 69.1 Å². The molecular weight excluding hydrogens is 821 g/mol. The molecule has 4 atom stereocenters. The summed E-state index contributed by atoms with van der Waals surface area (Å²) in [7, 11) is 2.61. The number of amides is 4. The lowest BCUT2D eigenvalue weighted by Gasteiger charge is -2.30. The fraction of sp³-hybridized carbons (Fsp3) is 0.490. The second-order valence-corrected chi connectivity index (χ2v) is 19.2. The van der Waals surface area contributed by atoms with Gasteiger partial charge in [0.05, 0.1) is 50.1 Å². The molecule has 3 aromatic carbocycles. The number of carbonyl (C=O) groups excluding carboxylic acids is 4. The predicted molar refractivity (Wildman–Crippen MR) is 249 cm³/mol. The van der Waals surface area contributed by atoms with Gasteiger partial charge >= 0.3 is 12.2 Å². The largest absolute Gasteiger partial charge is 0.453 e. The third kappa shape index (κ3) is 8.25. The maximum atomic E-state index is 13.9. The van der Waals surface area contributed by atoms with Gasteiger partial charge in [0, 0.05) is 24.2 Å². The SMILES string of the molecule is COC(=O)NC(C(=O)N1CCCC1c1ncc(-c2ccc3cc(-c4ccc(-c5cnc(C6CCCN6C(=O)C(NC(=O)OC)C(C)C)[nH]5)c5c4C4(CCCC4)CC5)ccc3c2)[nH]1)C(C)C. The molecule has 342 valence electrons. The van der Waals surface area contributed by atoms with E-state index >= 15 is 0 Å². The average molecular weight is 883 g/mol. The van der Waals surface area contributed by atoms with Gasteiger partial charge in [-0.3, -0.25) is 9.59 Å². The van der Waals surface area contributed by atoms with E-state index in [9.17, 15) is 19.2 Å². The second kappa shape index (κ2) is 18.0. The Morgan fingerprint density at radius 3 is 1.72 bits per heavy atom. The first-order valence-corrected chi connectivity index (χ1v) is 23.5. The molecule has 4 heterocycles. The van der Waals surface area contributed by atoms with Crippen LogP contribution in [0.25, 0.3) is 44.4 Å². The van der Waals surface area contributed by atoms with Gasteiger partial charge in [0.15, 0.2) is 0 Å². The summed E-state index contributed by atoms with van der Waals surface area (Å²) in [6.45, 7) is 8.90. The molecule has 65 heavy (non-hydrogen) atoms. The van der Waals surface area contributed by atoms with Crippen LogP contribution in [0.1, 0.15) is 120 Å². The lowest BCUT2D eigenvalue weighted by molar-refractivity contribution is -0.136. The van der Waals surface area contributed by atoms with Gasteiger partial charge in [0.25, 0.3) is 0 Å². The fourth-order valence-corrected chi connectivity index (χ4v) is 11.3. The summed E-state index contributed by atoms with van der Waals surface area (Å²) in [6.07, 6.45) is 12.9. The molecule has 3 fully saturated rings. The van der Waals surface area contributed by atoms with Gasteiger partial charge in [-0.2, -0.15) is 0 Å². The number of benzene rings is 3. The van der Waals surface area contributed by atoms with Crippen molar-refractivity contribution in [1.29, 1.82) is 0 Å². The van der Waals surface area contributed by atoms with Crippen molar-refractivity contribution in [3.8, 4) is 33.6 Å². The van der Waals surface area contributed by atoms with Gasteiger partial charge in [-0.05, 0) is 114 Å². The van der Waals surface area contributed by atoms with Gasteiger partial charge in [-0.1, -0.05) is 76.9 Å². The summed E-state index contributed by atoms with van der Waals surface area (Å²) in [5, 5.41) is 7.76. The van der Waals surface area contributed by atoms with E-state index in [4.69, 9.17) is 19.4 Å². The maximum absolute atomic E-state index is 13.9. The zero-order chi connectivity index (χ0) is 45.6. The van der Waals surface area contributed by atoms with Crippen LogP contribution in [0.5, 0.6) is 0 Å². The Hall–Kier alpha value is -6.18. The number of aromatic amines is 2. The molecule has 2 aliphatic heterocycles. The van der Waals surface area contributed by atoms with Crippen molar-refractivity contribution in [2.45, 2.75) is 121 Å². The van der Waals surface area contributed by atoms with E-state index in [-0.39, 0.29) is 41.1 Å². The standard InChI is InChI=1S/C51H62N8O6/c1-29(2)43(56-49(62)64-5)47(60)58-23-9-11-40(58)45-52-27-38(54-45)34-16-14-31-25-33(15-13-32(31)26-34)35-17-18-36(37-19-22-51(42(35)37)20-7-8-21-51)39-28-53-46(55-39)41-12-10-24-59(41)48(61)44(30(3)4)57-50(63)65-6/h13-18,25-30,40-41,43-44H,7-12,19-24H2,1-6H3,(H,52,54)(H,53,55)(H,56,62)(H,57,63). The summed E-state index contributed by atoms with van der Waals surface area (Å²) < 4.78 is 9.64. The molecule has 4 amide bonds. The number of fused-ring (bicyclic) bond motifs is 3. The number of H-pyrrole nitrogens is 2. The van der Waals surface area contributed by atoms with E-state index in [0.29, 0.717) is 13.1 Å². The molecule has 0 bridgehead atoms. The lowest BCUT2D eigenvalue weighted by atomic mass is 9.76. The normalized spacial score (nSPS) is 19.9. The van der Waals surface area contributed by atoms with Gasteiger partial charge in [-0.15, -0.1) is 0 Å². The van der Waals surface area contributed by atoms with Crippen LogP contribution in [-0.4, -0.2) is 93.1 Å². The molecule has 1 saturated carbocycles. The number of methoxy groups -OCH3 is 2. The molecule has 14 heteroatoms. The van der Waals surface area contributed by atoms with Gasteiger partial charge in [0.1, 0.15) is 23.7 Å². The highest BCUT2D eigenvalue weighted by atomic mass is 16.5. The van der Waals surface area contributed by atoms with Crippen molar-refractivity contribution in [2.24, 2.45) is 11.8 Å². The highest BCUT2D eigenvalue weighted by Crippen LogP contribution is 2.55. The first-order valence-electron chi connectivity index (χ1n) is 23.5. The van der Waals surface area contributed by atoms with Crippen molar-refractivity contribution in [3.05, 3.63) is 83.7 Å². The lowest BCUT2D eigenvalue weighted by Crippen LogP contribution is -2.51. The molecule has 2 aliphatic carbocycles. The number of ether oxygens (including phenoxy) is 2. The topological polar surface area (TPSA) is 175 Å². The highest BCUT2D eigenvalue weighted by molar-refractivity contribution is 5.92. The summed E-state index contributed by atoms with van der Waals surface area (Å²) >= 11 is 0. The smallest absolute Gasteiger partial charge is 0.407 e. The van der Waals surface area contributed by atoms with Crippen LogP contribution in [0.4, 0.5) is 9.59 Å². The number of hydrogen-bond donors (Lipinski definition) is 4. The fourth-order valence-electron chi connectivity index (χ4n) is 11.3. The molecule has 4 N–H and O–H groups in total. The number of rotatable bonds is 11. The minimum atomic E-state index is -0.688. The number of carbonyl (C=O) groups is 4. The first-order chi connectivity index (χ1) is 31.4. The number of nitrogens with one attached hydrogen (secondary N) is 4. The van der Waals surface area contributed by atoms with Crippen LogP contribution in [-0.2, 0) is 30.9 Å². The van der Waals surface area contributed by atoms with Crippen molar-refractivity contribution in [1.82, 2.24) is 40.4 Å². The Kier molecular flexibility index (Phi) is 12.2. The van der Waals surface area contributed by atoms with E-state index in [1.807, 2.05) is 49.9 Å². The highest BCUT2D eigenvalue weighted by Gasteiger charge is 2.44. The van der Waals surface area contributed by atoms with Crippen LogP contribution in [0, 0.1) is 11.8 Å². The Balaban J connectivity index is 0.975. The quantitative estimate of drug-likeness (QED) is 0.102. The predicted octanol–water partition coefficient (Wildman–Crippen LogP) is 9.13. The average Bonchev–Trinajstić information content (AvgIpc) is 4.18. The zero-order valence-electron chi connectivity index (χ0n) is 38.5. The molecule has 0 radical (unpaired) electrons. The molecular formula is C51H62N8O6. The van der Waals surface area contributed by atoms with Crippen molar-refractivity contribution < 1.29 is 28.7 Å². The molecule has 1 spiro atoms.